The Hall–Kier alpha value is -2.85. The monoisotopic (exact) mass is 406 g/mol. The number of hydrogen-bond acceptors (Lipinski definition) is 7. The summed E-state index contributed by atoms with van der Waals surface area (Å²) in [6.45, 7) is 4.61. The van der Waals surface area contributed by atoms with Crippen molar-refractivity contribution in [2.24, 2.45) is 5.73 Å². The lowest BCUT2D eigenvalue weighted by atomic mass is 9.71. The third-order valence-electron chi connectivity index (χ3n) is 6.38. The summed E-state index contributed by atoms with van der Waals surface area (Å²) in [5, 5.41) is 9.36. The lowest BCUT2D eigenvalue weighted by Gasteiger charge is -2.37. The van der Waals surface area contributed by atoms with Gasteiger partial charge in [0, 0.05) is 24.2 Å². The molecule has 1 aromatic heterocycles. The Kier molecular flexibility index (Phi) is 5.29. The average Bonchev–Trinajstić information content (AvgIpc) is 2.69. The molecule has 7 nitrogen and oxygen atoms in total. The SMILES string of the molecule is CN(CC#N)c1c(O[C@H]2CC[C@@H](N)CC2)ccc2c1CC(C)(C)c1c(N)ncnc1-2. The van der Waals surface area contributed by atoms with Crippen LogP contribution in [-0.2, 0) is 11.8 Å². The maximum atomic E-state index is 9.36. The molecule has 2 aliphatic carbocycles. The van der Waals surface area contributed by atoms with E-state index >= 15 is 0 Å². The Bertz CT molecular complexity index is 988. The molecule has 0 spiro atoms. The lowest BCUT2D eigenvalue weighted by molar-refractivity contribution is 0.147. The van der Waals surface area contributed by atoms with Crippen LogP contribution in [0.5, 0.6) is 5.75 Å². The Labute approximate surface area is 178 Å². The van der Waals surface area contributed by atoms with E-state index in [0.717, 1.165) is 65.9 Å². The second-order valence-electron chi connectivity index (χ2n) is 9.15. The second-order valence-corrected chi connectivity index (χ2v) is 9.15. The fourth-order valence-corrected chi connectivity index (χ4v) is 4.90. The zero-order valence-corrected chi connectivity index (χ0v) is 18.0. The Morgan fingerprint density at radius 1 is 1.23 bits per heavy atom. The van der Waals surface area contributed by atoms with Gasteiger partial charge in [-0.3, -0.25) is 0 Å². The van der Waals surface area contributed by atoms with Gasteiger partial charge in [-0.15, -0.1) is 0 Å². The van der Waals surface area contributed by atoms with Crippen molar-refractivity contribution >= 4 is 11.5 Å². The summed E-state index contributed by atoms with van der Waals surface area (Å²) in [4.78, 5) is 10.8. The zero-order chi connectivity index (χ0) is 21.5. The topological polar surface area (TPSA) is 114 Å². The summed E-state index contributed by atoms with van der Waals surface area (Å²) in [7, 11) is 1.94. The molecule has 0 aliphatic heterocycles. The van der Waals surface area contributed by atoms with Crippen LogP contribution < -0.4 is 21.1 Å². The Morgan fingerprint density at radius 3 is 2.67 bits per heavy atom. The number of aromatic nitrogens is 2. The van der Waals surface area contributed by atoms with E-state index in [1.54, 1.807) is 0 Å². The number of nitriles is 1. The third-order valence-corrected chi connectivity index (χ3v) is 6.38. The molecule has 30 heavy (non-hydrogen) atoms. The van der Waals surface area contributed by atoms with Crippen molar-refractivity contribution in [3.63, 3.8) is 0 Å². The molecule has 0 amide bonds. The van der Waals surface area contributed by atoms with Gasteiger partial charge in [0.15, 0.2) is 0 Å². The standard InChI is InChI=1S/C23H30N6O/c1-23(2)12-17-16(20-19(23)22(26)28-13-27-20)8-9-18(21(17)29(3)11-10-24)30-15-6-4-14(25)5-7-15/h8-9,13-15H,4-7,11-12,25H2,1-3H3,(H2,26,27,28)/t14-,15+. The minimum absolute atomic E-state index is 0.152. The van der Waals surface area contributed by atoms with Gasteiger partial charge in [0.2, 0.25) is 0 Å². The van der Waals surface area contributed by atoms with E-state index in [1.165, 1.54) is 6.33 Å². The highest BCUT2D eigenvalue weighted by atomic mass is 16.5. The van der Waals surface area contributed by atoms with E-state index in [-0.39, 0.29) is 24.1 Å². The molecule has 0 radical (unpaired) electrons. The Balaban J connectivity index is 1.83. The minimum atomic E-state index is -0.230. The molecule has 1 fully saturated rings. The number of benzene rings is 1. The first kappa shape index (κ1) is 20.4. The van der Waals surface area contributed by atoms with Crippen LogP contribution in [-0.4, -0.2) is 35.7 Å². The van der Waals surface area contributed by atoms with Crippen LogP contribution in [0, 0.1) is 11.3 Å². The van der Waals surface area contributed by atoms with Gasteiger partial charge >= 0.3 is 0 Å². The summed E-state index contributed by atoms with van der Waals surface area (Å²) >= 11 is 0. The first-order valence-corrected chi connectivity index (χ1v) is 10.6. The first-order valence-electron chi connectivity index (χ1n) is 10.6. The molecular formula is C23H30N6O. The van der Waals surface area contributed by atoms with Crippen molar-refractivity contribution in [2.45, 2.75) is 63.5 Å². The van der Waals surface area contributed by atoms with Crippen molar-refractivity contribution in [3.05, 3.63) is 29.6 Å². The fraction of sp³-hybridized carbons (Fsp3) is 0.522. The molecule has 158 valence electrons. The molecule has 2 aliphatic rings. The van der Waals surface area contributed by atoms with Crippen molar-refractivity contribution in [3.8, 4) is 23.1 Å². The first-order chi connectivity index (χ1) is 14.3. The van der Waals surface area contributed by atoms with E-state index in [0.29, 0.717) is 5.82 Å². The summed E-state index contributed by atoms with van der Waals surface area (Å²) in [5.74, 6) is 1.36. The largest absolute Gasteiger partial charge is 0.488 e. The van der Waals surface area contributed by atoms with Crippen LogP contribution in [0.15, 0.2) is 18.5 Å². The maximum Gasteiger partial charge on any atom is 0.143 e. The summed E-state index contributed by atoms with van der Waals surface area (Å²) in [6, 6.07) is 6.62. The van der Waals surface area contributed by atoms with Crippen LogP contribution >= 0.6 is 0 Å². The quantitative estimate of drug-likeness (QED) is 0.750. The fourth-order valence-electron chi connectivity index (χ4n) is 4.90. The van der Waals surface area contributed by atoms with Crippen molar-refractivity contribution in [1.82, 2.24) is 9.97 Å². The predicted molar refractivity (Wildman–Crippen MR) is 118 cm³/mol. The number of ether oxygens (including phenoxy) is 1. The van der Waals surface area contributed by atoms with Gasteiger partial charge in [0.1, 0.15) is 24.4 Å². The second kappa shape index (κ2) is 7.77. The van der Waals surface area contributed by atoms with Gasteiger partial charge in [0.25, 0.3) is 0 Å². The number of hydrogen-bond donors (Lipinski definition) is 2. The number of nitrogens with zero attached hydrogens (tertiary/aromatic N) is 4. The molecule has 1 saturated carbocycles. The van der Waals surface area contributed by atoms with Crippen LogP contribution in [0.1, 0.15) is 50.7 Å². The maximum absolute atomic E-state index is 9.36. The third kappa shape index (κ3) is 3.56. The van der Waals surface area contributed by atoms with E-state index in [9.17, 15) is 5.26 Å². The van der Waals surface area contributed by atoms with Gasteiger partial charge in [-0.05, 0) is 55.2 Å². The molecule has 4 rings (SSSR count). The van der Waals surface area contributed by atoms with Gasteiger partial charge < -0.3 is 21.1 Å². The average molecular weight is 407 g/mol. The molecule has 0 bridgehead atoms. The van der Waals surface area contributed by atoms with E-state index in [1.807, 2.05) is 18.0 Å². The van der Waals surface area contributed by atoms with Gasteiger partial charge in [-0.1, -0.05) is 13.8 Å². The summed E-state index contributed by atoms with van der Waals surface area (Å²) < 4.78 is 6.48. The lowest BCUT2D eigenvalue weighted by Crippen LogP contribution is -2.33. The summed E-state index contributed by atoms with van der Waals surface area (Å²) in [6.07, 6.45) is 6.32. The van der Waals surface area contributed by atoms with Crippen LogP contribution in [0.3, 0.4) is 0 Å². The molecule has 1 aromatic carbocycles. The molecule has 2 aromatic rings. The normalized spacial score (nSPS) is 21.8. The number of nitrogens with two attached hydrogens (primary N) is 2. The molecule has 4 N–H and O–H groups in total. The van der Waals surface area contributed by atoms with Gasteiger partial charge in [0.05, 0.1) is 23.6 Å². The molecular weight excluding hydrogens is 376 g/mol. The van der Waals surface area contributed by atoms with Gasteiger partial charge in [-0.2, -0.15) is 5.26 Å². The van der Waals surface area contributed by atoms with Crippen LogP contribution in [0.2, 0.25) is 0 Å². The molecule has 0 atom stereocenters. The highest BCUT2D eigenvalue weighted by Crippen LogP contribution is 2.49. The van der Waals surface area contributed by atoms with Gasteiger partial charge in [-0.25, -0.2) is 9.97 Å². The van der Waals surface area contributed by atoms with Crippen molar-refractivity contribution in [1.29, 1.82) is 5.26 Å². The molecule has 7 heteroatoms. The highest BCUT2D eigenvalue weighted by Gasteiger charge is 2.37. The van der Waals surface area contributed by atoms with Crippen molar-refractivity contribution < 1.29 is 4.74 Å². The Morgan fingerprint density at radius 2 is 1.97 bits per heavy atom. The number of anilines is 2. The van der Waals surface area contributed by atoms with Crippen LogP contribution in [0.25, 0.3) is 11.3 Å². The van der Waals surface area contributed by atoms with Crippen LogP contribution in [0.4, 0.5) is 11.5 Å². The summed E-state index contributed by atoms with van der Waals surface area (Å²) in [5.41, 5.74) is 17.1. The van der Waals surface area contributed by atoms with E-state index in [2.05, 4.69) is 36.0 Å². The number of nitrogen functional groups attached to an aromatic ring is 1. The molecule has 0 unspecified atom stereocenters. The van der Waals surface area contributed by atoms with E-state index in [4.69, 9.17) is 16.2 Å². The highest BCUT2D eigenvalue weighted by molar-refractivity contribution is 5.83. The smallest absolute Gasteiger partial charge is 0.143 e. The number of fused-ring (bicyclic) bond motifs is 3. The molecule has 0 saturated heterocycles. The predicted octanol–water partition coefficient (Wildman–Crippen LogP) is 3.17. The van der Waals surface area contributed by atoms with E-state index < -0.39 is 0 Å². The zero-order valence-electron chi connectivity index (χ0n) is 18.0. The van der Waals surface area contributed by atoms with Crippen molar-refractivity contribution in [2.75, 3.05) is 24.2 Å². The minimum Gasteiger partial charge on any atom is -0.488 e. The molecule has 1 heterocycles. The number of rotatable bonds is 4.